The Labute approximate surface area is 150 Å². The molecule has 1 atom stereocenters. The van der Waals surface area contributed by atoms with Gasteiger partial charge in [-0.1, -0.05) is 42.0 Å². The summed E-state index contributed by atoms with van der Waals surface area (Å²) in [7, 11) is 0. The van der Waals surface area contributed by atoms with Gasteiger partial charge in [0.05, 0.1) is 0 Å². The van der Waals surface area contributed by atoms with E-state index in [0.29, 0.717) is 11.6 Å². The number of carbonyl (C=O) groups excluding carboxylic acids is 1. The molecular formula is C20H27ClN2O. The summed E-state index contributed by atoms with van der Waals surface area (Å²) in [5, 5.41) is 3.77. The van der Waals surface area contributed by atoms with Crippen molar-refractivity contribution in [1.29, 1.82) is 0 Å². The summed E-state index contributed by atoms with van der Waals surface area (Å²) in [6, 6.07) is 7.68. The Morgan fingerprint density at radius 3 is 2.67 bits per heavy atom. The van der Waals surface area contributed by atoms with Crippen LogP contribution in [0.4, 0.5) is 0 Å². The monoisotopic (exact) mass is 346 g/mol. The van der Waals surface area contributed by atoms with Crippen LogP contribution in [-0.2, 0) is 11.3 Å². The molecule has 0 aromatic heterocycles. The van der Waals surface area contributed by atoms with Gasteiger partial charge in [0.25, 0.3) is 0 Å². The highest BCUT2D eigenvalue weighted by molar-refractivity contribution is 6.31. The molecule has 4 heteroatoms. The number of nitrogens with zero attached hydrogens (tertiary/aromatic N) is 1. The molecule has 1 aliphatic heterocycles. The van der Waals surface area contributed by atoms with E-state index in [4.69, 9.17) is 11.6 Å². The molecule has 0 unspecified atom stereocenters. The highest BCUT2D eigenvalue weighted by Gasteiger charge is 2.26. The van der Waals surface area contributed by atoms with Gasteiger partial charge >= 0.3 is 0 Å². The number of piperidine rings is 1. The summed E-state index contributed by atoms with van der Waals surface area (Å²) in [5.74, 6) is 1.13. The average molecular weight is 347 g/mol. The molecule has 130 valence electrons. The standard InChI is InChI=1S/C20H27ClN2O/c21-19-9-5-4-8-18(19)14-22-20(24)17-10-12-23(13-11-17)15-16-6-2-1-3-7-16/h1-2,4-5,8-9,16-17H,3,6-7,10-15H2,(H,22,24)/t16-/m0/s1. The van der Waals surface area contributed by atoms with E-state index in [0.717, 1.165) is 37.4 Å². The molecular weight excluding hydrogens is 320 g/mol. The number of allylic oxidation sites excluding steroid dienone is 2. The molecule has 1 aromatic rings. The second-order valence-electron chi connectivity index (χ2n) is 7.03. The van der Waals surface area contributed by atoms with Gasteiger partial charge in [-0.2, -0.15) is 0 Å². The van der Waals surface area contributed by atoms with Crippen LogP contribution in [0.15, 0.2) is 36.4 Å². The van der Waals surface area contributed by atoms with Crippen LogP contribution in [0.5, 0.6) is 0 Å². The van der Waals surface area contributed by atoms with Crippen molar-refractivity contribution in [1.82, 2.24) is 10.2 Å². The molecule has 1 heterocycles. The Morgan fingerprint density at radius 1 is 1.17 bits per heavy atom. The van der Waals surface area contributed by atoms with E-state index in [-0.39, 0.29) is 11.8 Å². The van der Waals surface area contributed by atoms with Crippen LogP contribution in [0.25, 0.3) is 0 Å². The van der Waals surface area contributed by atoms with Crippen molar-refractivity contribution in [2.45, 2.75) is 38.6 Å². The van der Waals surface area contributed by atoms with Crippen LogP contribution < -0.4 is 5.32 Å². The second kappa shape index (κ2) is 8.68. The molecule has 1 amide bonds. The third-order valence-electron chi connectivity index (χ3n) is 5.26. The Hall–Kier alpha value is -1.32. The smallest absolute Gasteiger partial charge is 0.223 e. The lowest BCUT2D eigenvalue weighted by Crippen LogP contribution is -2.42. The normalized spacial score (nSPS) is 22.5. The number of nitrogens with one attached hydrogen (secondary N) is 1. The third-order valence-corrected chi connectivity index (χ3v) is 5.63. The first-order valence-electron chi connectivity index (χ1n) is 9.11. The molecule has 0 radical (unpaired) electrons. The molecule has 2 aliphatic rings. The number of likely N-dealkylation sites (tertiary alicyclic amines) is 1. The first kappa shape index (κ1) is 17.5. The number of hydrogen-bond acceptors (Lipinski definition) is 2. The predicted octanol–water partition coefficient (Wildman–Crippen LogP) is 4.02. The van der Waals surface area contributed by atoms with E-state index >= 15 is 0 Å². The Morgan fingerprint density at radius 2 is 1.96 bits per heavy atom. The topological polar surface area (TPSA) is 32.3 Å². The van der Waals surface area contributed by atoms with Crippen LogP contribution in [0.3, 0.4) is 0 Å². The summed E-state index contributed by atoms with van der Waals surface area (Å²) < 4.78 is 0. The van der Waals surface area contributed by atoms with Crippen molar-refractivity contribution < 1.29 is 4.79 Å². The van der Waals surface area contributed by atoms with Crippen LogP contribution in [-0.4, -0.2) is 30.4 Å². The second-order valence-corrected chi connectivity index (χ2v) is 7.44. The highest BCUT2D eigenvalue weighted by Crippen LogP contribution is 2.23. The minimum absolute atomic E-state index is 0.148. The maximum absolute atomic E-state index is 12.4. The SMILES string of the molecule is O=C(NCc1ccccc1Cl)C1CCN(C[C@H]2CC=CCC2)CC1. The van der Waals surface area contributed by atoms with Crippen LogP contribution in [0, 0.1) is 11.8 Å². The van der Waals surface area contributed by atoms with Crippen molar-refractivity contribution in [2.75, 3.05) is 19.6 Å². The van der Waals surface area contributed by atoms with E-state index in [1.165, 1.54) is 25.8 Å². The maximum atomic E-state index is 12.4. The summed E-state index contributed by atoms with van der Waals surface area (Å²) in [4.78, 5) is 14.9. The first-order valence-corrected chi connectivity index (χ1v) is 9.48. The number of halogens is 1. The Bertz CT molecular complexity index is 579. The fraction of sp³-hybridized carbons (Fsp3) is 0.550. The number of carbonyl (C=O) groups is 1. The van der Waals surface area contributed by atoms with Gasteiger partial charge < -0.3 is 10.2 Å². The van der Waals surface area contributed by atoms with Crippen LogP contribution >= 0.6 is 11.6 Å². The summed E-state index contributed by atoms with van der Waals surface area (Å²) in [5.41, 5.74) is 0.982. The molecule has 24 heavy (non-hydrogen) atoms. The predicted molar refractivity (Wildman–Crippen MR) is 98.9 cm³/mol. The first-order chi connectivity index (χ1) is 11.7. The average Bonchev–Trinajstić information content (AvgIpc) is 2.62. The molecule has 0 saturated carbocycles. The van der Waals surface area contributed by atoms with Gasteiger partial charge in [-0.3, -0.25) is 4.79 Å². The highest BCUT2D eigenvalue weighted by atomic mass is 35.5. The fourth-order valence-electron chi connectivity index (χ4n) is 3.73. The minimum Gasteiger partial charge on any atom is -0.352 e. The zero-order valence-corrected chi connectivity index (χ0v) is 15.0. The van der Waals surface area contributed by atoms with Crippen LogP contribution in [0.2, 0.25) is 5.02 Å². The molecule has 0 spiro atoms. The molecule has 0 bridgehead atoms. The lowest BCUT2D eigenvalue weighted by molar-refractivity contribution is -0.126. The number of amides is 1. The van der Waals surface area contributed by atoms with Gasteiger partial charge in [0.15, 0.2) is 0 Å². The number of hydrogen-bond donors (Lipinski definition) is 1. The van der Waals surface area contributed by atoms with Crippen molar-refractivity contribution in [3.8, 4) is 0 Å². The lowest BCUT2D eigenvalue weighted by Gasteiger charge is -2.34. The molecule has 3 rings (SSSR count). The fourth-order valence-corrected chi connectivity index (χ4v) is 3.94. The molecule has 1 fully saturated rings. The van der Waals surface area contributed by atoms with Gasteiger partial charge in [0.2, 0.25) is 5.91 Å². The van der Waals surface area contributed by atoms with Crippen molar-refractivity contribution in [2.24, 2.45) is 11.8 Å². The molecule has 1 aromatic carbocycles. The van der Waals surface area contributed by atoms with Gasteiger partial charge in [-0.25, -0.2) is 0 Å². The van der Waals surface area contributed by atoms with Crippen LogP contribution in [0.1, 0.15) is 37.7 Å². The zero-order valence-electron chi connectivity index (χ0n) is 14.2. The van der Waals surface area contributed by atoms with Crippen molar-refractivity contribution in [3.05, 3.63) is 47.0 Å². The molecule has 1 N–H and O–H groups in total. The van der Waals surface area contributed by atoms with Crippen molar-refractivity contribution >= 4 is 17.5 Å². The van der Waals surface area contributed by atoms with Gasteiger partial charge in [-0.05, 0) is 62.7 Å². The zero-order chi connectivity index (χ0) is 16.8. The lowest BCUT2D eigenvalue weighted by atomic mass is 9.91. The Balaban J connectivity index is 1.40. The molecule has 1 saturated heterocycles. The Kier molecular flexibility index (Phi) is 6.33. The summed E-state index contributed by atoms with van der Waals surface area (Å²) in [6.07, 6.45) is 10.3. The van der Waals surface area contributed by atoms with E-state index in [9.17, 15) is 4.79 Å². The van der Waals surface area contributed by atoms with Gasteiger partial charge in [-0.15, -0.1) is 0 Å². The van der Waals surface area contributed by atoms with E-state index in [2.05, 4.69) is 22.4 Å². The van der Waals surface area contributed by atoms with E-state index in [1.54, 1.807) is 0 Å². The maximum Gasteiger partial charge on any atom is 0.223 e. The number of rotatable bonds is 5. The van der Waals surface area contributed by atoms with E-state index < -0.39 is 0 Å². The third kappa shape index (κ3) is 4.84. The minimum atomic E-state index is 0.148. The largest absolute Gasteiger partial charge is 0.352 e. The van der Waals surface area contributed by atoms with Gasteiger partial charge in [0.1, 0.15) is 0 Å². The van der Waals surface area contributed by atoms with Gasteiger partial charge in [0, 0.05) is 24.0 Å². The van der Waals surface area contributed by atoms with Crippen molar-refractivity contribution in [3.63, 3.8) is 0 Å². The molecule has 1 aliphatic carbocycles. The quantitative estimate of drug-likeness (QED) is 0.816. The van der Waals surface area contributed by atoms with E-state index in [1.807, 2.05) is 24.3 Å². The summed E-state index contributed by atoms with van der Waals surface area (Å²) in [6.45, 7) is 3.81. The number of benzene rings is 1. The molecule has 3 nitrogen and oxygen atoms in total. The summed E-state index contributed by atoms with van der Waals surface area (Å²) >= 11 is 6.14.